The van der Waals surface area contributed by atoms with E-state index in [-0.39, 0.29) is 0 Å². The molecule has 1 unspecified atom stereocenters. The average molecular weight is 191 g/mol. The molecular formula is C9H21NOS. The van der Waals surface area contributed by atoms with E-state index in [4.69, 9.17) is 4.74 Å². The van der Waals surface area contributed by atoms with Gasteiger partial charge in [-0.2, -0.15) is 11.8 Å². The lowest BCUT2D eigenvalue weighted by Gasteiger charge is -2.16. The van der Waals surface area contributed by atoms with E-state index in [9.17, 15) is 0 Å². The number of hydrogen-bond donors (Lipinski definition) is 1. The molecule has 0 saturated carbocycles. The topological polar surface area (TPSA) is 21.3 Å². The lowest BCUT2D eigenvalue weighted by atomic mass is 10.3. The molecule has 0 heterocycles. The summed E-state index contributed by atoms with van der Waals surface area (Å²) in [7, 11) is 0. The summed E-state index contributed by atoms with van der Waals surface area (Å²) in [5.41, 5.74) is 0. The van der Waals surface area contributed by atoms with Crippen molar-refractivity contribution in [1.29, 1.82) is 0 Å². The summed E-state index contributed by atoms with van der Waals surface area (Å²) in [6.45, 7) is 6.98. The minimum absolute atomic E-state index is 0.528. The summed E-state index contributed by atoms with van der Waals surface area (Å²) in [4.78, 5) is 0. The van der Waals surface area contributed by atoms with Gasteiger partial charge in [0.15, 0.2) is 0 Å². The van der Waals surface area contributed by atoms with Crippen molar-refractivity contribution in [3.05, 3.63) is 0 Å². The van der Waals surface area contributed by atoms with Gasteiger partial charge in [-0.3, -0.25) is 0 Å². The van der Waals surface area contributed by atoms with E-state index in [2.05, 4.69) is 18.5 Å². The standard InChI is InChI=1S/C9H21NOS/c1-4-6-10-9(8-12-3)7-11-5-2/h9-10H,4-8H2,1-3H3. The second kappa shape index (κ2) is 9.36. The average Bonchev–Trinajstić information content (AvgIpc) is 2.10. The number of ether oxygens (including phenoxy) is 1. The van der Waals surface area contributed by atoms with Crippen LogP contribution in [-0.2, 0) is 4.74 Å². The molecular weight excluding hydrogens is 170 g/mol. The Bertz CT molecular complexity index is 82.6. The van der Waals surface area contributed by atoms with Crippen molar-refractivity contribution in [2.24, 2.45) is 0 Å². The van der Waals surface area contributed by atoms with Crippen LogP contribution in [0.3, 0.4) is 0 Å². The first-order valence-electron chi connectivity index (χ1n) is 4.65. The van der Waals surface area contributed by atoms with Crippen molar-refractivity contribution in [1.82, 2.24) is 5.32 Å². The molecule has 2 nitrogen and oxygen atoms in total. The SMILES string of the molecule is CCCNC(COCC)CSC. The van der Waals surface area contributed by atoms with Gasteiger partial charge in [0.25, 0.3) is 0 Å². The summed E-state index contributed by atoms with van der Waals surface area (Å²) in [6.07, 6.45) is 3.32. The summed E-state index contributed by atoms with van der Waals surface area (Å²) < 4.78 is 5.37. The molecule has 0 amide bonds. The Hall–Kier alpha value is 0.270. The Kier molecular flexibility index (Phi) is 9.57. The van der Waals surface area contributed by atoms with Gasteiger partial charge in [0.2, 0.25) is 0 Å². The second-order valence-electron chi connectivity index (χ2n) is 2.77. The molecule has 0 aliphatic heterocycles. The molecule has 1 N–H and O–H groups in total. The van der Waals surface area contributed by atoms with Crippen LogP contribution in [0.25, 0.3) is 0 Å². The number of nitrogens with one attached hydrogen (secondary N) is 1. The summed E-state index contributed by atoms with van der Waals surface area (Å²) in [5, 5.41) is 3.46. The summed E-state index contributed by atoms with van der Waals surface area (Å²) >= 11 is 1.87. The molecule has 0 bridgehead atoms. The van der Waals surface area contributed by atoms with Crippen molar-refractivity contribution < 1.29 is 4.74 Å². The fraction of sp³-hybridized carbons (Fsp3) is 1.00. The van der Waals surface area contributed by atoms with Crippen LogP contribution in [0.4, 0.5) is 0 Å². The van der Waals surface area contributed by atoms with Gasteiger partial charge in [-0.05, 0) is 26.1 Å². The third-order valence-corrected chi connectivity index (χ3v) is 2.31. The van der Waals surface area contributed by atoms with E-state index in [0.717, 1.165) is 25.5 Å². The molecule has 0 aliphatic carbocycles. The van der Waals surface area contributed by atoms with E-state index >= 15 is 0 Å². The van der Waals surface area contributed by atoms with Gasteiger partial charge >= 0.3 is 0 Å². The minimum Gasteiger partial charge on any atom is -0.380 e. The molecule has 0 fully saturated rings. The molecule has 3 heteroatoms. The molecule has 0 saturated heterocycles. The quantitative estimate of drug-likeness (QED) is 0.631. The largest absolute Gasteiger partial charge is 0.380 e. The van der Waals surface area contributed by atoms with E-state index in [1.165, 1.54) is 6.42 Å². The molecule has 12 heavy (non-hydrogen) atoms. The van der Waals surface area contributed by atoms with Crippen LogP contribution in [0.1, 0.15) is 20.3 Å². The molecule has 0 aromatic rings. The van der Waals surface area contributed by atoms with Crippen LogP contribution in [0, 0.1) is 0 Å². The predicted octanol–water partition coefficient (Wildman–Crippen LogP) is 1.75. The third kappa shape index (κ3) is 6.95. The highest BCUT2D eigenvalue weighted by molar-refractivity contribution is 7.98. The predicted molar refractivity (Wildman–Crippen MR) is 57.0 cm³/mol. The van der Waals surface area contributed by atoms with E-state index in [0.29, 0.717) is 6.04 Å². The van der Waals surface area contributed by atoms with Gasteiger partial charge in [0, 0.05) is 18.4 Å². The zero-order valence-corrected chi connectivity index (χ0v) is 9.25. The zero-order valence-electron chi connectivity index (χ0n) is 8.43. The number of thioether (sulfide) groups is 1. The van der Waals surface area contributed by atoms with Gasteiger partial charge in [0.1, 0.15) is 0 Å². The Balaban J connectivity index is 3.40. The number of rotatable bonds is 8. The summed E-state index contributed by atoms with van der Waals surface area (Å²) in [5.74, 6) is 1.14. The number of hydrogen-bond acceptors (Lipinski definition) is 3. The highest BCUT2D eigenvalue weighted by Gasteiger charge is 2.05. The highest BCUT2D eigenvalue weighted by Crippen LogP contribution is 1.98. The van der Waals surface area contributed by atoms with Gasteiger partial charge in [-0.1, -0.05) is 6.92 Å². The Morgan fingerprint density at radius 2 is 2.17 bits per heavy atom. The highest BCUT2D eigenvalue weighted by atomic mass is 32.2. The van der Waals surface area contributed by atoms with E-state index in [1.54, 1.807) is 0 Å². The van der Waals surface area contributed by atoms with E-state index < -0.39 is 0 Å². The van der Waals surface area contributed by atoms with E-state index in [1.807, 2.05) is 18.7 Å². The van der Waals surface area contributed by atoms with Crippen LogP contribution in [-0.4, -0.2) is 37.8 Å². The van der Waals surface area contributed by atoms with Crippen LogP contribution in [0.2, 0.25) is 0 Å². The monoisotopic (exact) mass is 191 g/mol. The smallest absolute Gasteiger partial charge is 0.0627 e. The summed E-state index contributed by atoms with van der Waals surface area (Å²) in [6, 6.07) is 0.528. The van der Waals surface area contributed by atoms with Gasteiger partial charge < -0.3 is 10.1 Å². The van der Waals surface area contributed by atoms with Crippen LogP contribution < -0.4 is 5.32 Å². The first-order chi connectivity index (χ1) is 5.85. The maximum atomic E-state index is 5.37. The Morgan fingerprint density at radius 1 is 1.42 bits per heavy atom. The molecule has 74 valence electrons. The molecule has 0 rings (SSSR count). The molecule has 0 aromatic heterocycles. The Labute approximate surface area is 80.4 Å². The normalized spacial score (nSPS) is 13.2. The van der Waals surface area contributed by atoms with Crippen molar-refractivity contribution in [3.63, 3.8) is 0 Å². The molecule has 0 spiro atoms. The lowest BCUT2D eigenvalue weighted by Crippen LogP contribution is -2.36. The van der Waals surface area contributed by atoms with Gasteiger partial charge in [0.05, 0.1) is 6.61 Å². The first kappa shape index (κ1) is 12.3. The van der Waals surface area contributed by atoms with Crippen LogP contribution >= 0.6 is 11.8 Å². The molecule has 0 radical (unpaired) electrons. The second-order valence-corrected chi connectivity index (χ2v) is 3.68. The van der Waals surface area contributed by atoms with Gasteiger partial charge in [-0.25, -0.2) is 0 Å². The molecule has 0 aromatic carbocycles. The zero-order chi connectivity index (χ0) is 9.23. The maximum absolute atomic E-state index is 5.37. The first-order valence-corrected chi connectivity index (χ1v) is 6.04. The van der Waals surface area contributed by atoms with Gasteiger partial charge in [-0.15, -0.1) is 0 Å². The third-order valence-electron chi connectivity index (χ3n) is 1.57. The van der Waals surface area contributed by atoms with Crippen LogP contribution in [0.5, 0.6) is 0 Å². The minimum atomic E-state index is 0.528. The maximum Gasteiger partial charge on any atom is 0.0627 e. The Morgan fingerprint density at radius 3 is 2.67 bits per heavy atom. The van der Waals surface area contributed by atoms with Crippen molar-refractivity contribution in [3.8, 4) is 0 Å². The fourth-order valence-corrected chi connectivity index (χ4v) is 1.59. The fourth-order valence-electron chi connectivity index (χ4n) is 0.976. The lowest BCUT2D eigenvalue weighted by molar-refractivity contribution is 0.128. The molecule has 1 atom stereocenters. The van der Waals surface area contributed by atoms with Crippen molar-refractivity contribution >= 4 is 11.8 Å². The van der Waals surface area contributed by atoms with Crippen molar-refractivity contribution in [2.45, 2.75) is 26.3 Å². The molecule has 0 aliphatic rings. The van der Waals surface area contributed by atoms with Crippen molar-refractivity contribution in [2.75, 3.05) is 31.8 Å². The van der Waals surface area contributed by atoms with Crippen LogP contribution in [0.15, 0.2) is 0 Å².